The minimum atomic E-state index is -0.941. The van der Waals surface area contributed by atoms with E-state index in [1.54, 1.807) is 17.5 Å². The lowest BCUT2D eigenvalue weighted by Gasteiger charge is -2.06. The van der Waals surface area contributed by atoms with Gasteiger partial charge in [-0.15, -0.1) is 11.3 Å². The van der Waals surface area contributed by atoms with Crippen molar-refractivity contribution in [3.8, 4) is 6.07 Å². The predicted octanol–water partition coefficient (Wildman–Crippen LogP) is 3.91. The van der Waals surface area contributed by atoms with Crippen LogP contribution in [0.15, 0.2) is 40.2 Å². The van der Waals surface area contributed by atoms with Gasteiger partial charge in [0.15, 0.2) is 5.78 Å². The number of carbonyl (C=O) groups excluding carboxylic acids is 1. The van der Waals surface area contributed by atoms with Crippen LogP contribution in [0, 0.1) is 21.4 Å². The molecule has 5 nitrogen and oxygen atoms in total. The van der Waals surface area contributed by atoms with Crippen LogP contribution in [0.3, 0.4) is 0 Å². The molecule has 100 valence electrons. The van der Waals surface area contributed by atoms with E-state index in [-0.39, 0.29) is 11.3 Å². The van der Waals surface area contributed by atoms with Crippen LogP contribution in [0.4, 0.5) is 5.69 Å². The fourth-order valence-corrected chi connectivity index (χ4v) is 2.94. The van der Waals surface area contributed by atoms with Gasteiger partial charge >= 0.3 is 0 Å². The first kappa shape index (κ1) is 14.4. The smallest absolute Gasteiger partial charge is 0.271 e. The average Bonchev–Trinajstić information content (AvgIpc) is 2.92. The van der Waals surface area contributed by atoms with Crippen molar-refractivity contribution in [1.82, 2.24) is 0 Å². The zero-order valence-electron chi connectivity index (χ0n) is 9.95. The topological polar surface area (TPSA) is 84.0 Å². The van der Waals surface area contributed by atoms with E-state index in [0.29, 0.717) is 9.35 Å². The molecule has 0 radical (unpaired) electrons. The van der Waals surface area contributed by atoms with Gasteiger partial charge in [0, 0.05) is 27.0 Å². The third-order valence-electron chi connectivity index (χ3n) is 2.60. The summed E-state index contributed by atoms with van der Waals surface area (Å²) in [5.41, 5.74) is -0.0448. The van der Waals surface area contributed by atoms with Crippen molar-refractivity contribution < 1.29 is 9.72 Å². The molecule has 1 heterocycles. The molecule has 1 aromatic heterocycles. The number of nitrogens with zero attached hydrogens (tertiary/aromatic N) is 2. The van der Waals surface area contributed by atoms with Gasteiger partial charge < -0.3 is 0 Å². The van der Waals surface area contributed by atoms with E-state index in [9.17, 15) is 14.9 Å². The fourth-order valence-electron chi connectivity index (χ4n) is 1.70. The van der Waals surface area contributed by atoms with E-state index >= 15 is 0 Å². The zero-order valence-corrected chi connectivity index (χ0v) is 12.3. The van der Waals surface area contributed by atoms with Crippen LogP contribution in [-0.2, 0) is 0 Å². The molecule has 0 N–H and O–H groups in total. The van der Waals surface area contributed by atoms with Crippen LogP contribution >= 0.6 is 27.3 Å². The molecule has 0 bridgehead atoms. The Labute approximate surface area is 126 Å². The first-order valence-corrected chi connectivity index (χ1v) is 7.12. The number of thiophene rings is 1. The van der Waals surface area contributed by atoms with Crippen LogP contribution in [0.5, 0.6) is 0 Å². The molecule has 0 fully saturated rings. The lowest BCUT2D eigenvalue weighted by atomic mass is 9.97. The number of hydrogen-bond donors (Lipinski definition) is 0. The van der Waals surface area contributed by atoms with Gasteiger partial charge in [0.05, 0.1) is 11.0 Å². The second-order valence-corrected chi connectivity index (χ2v) is 5.79. The molecule has 7 heteroatoms. The third kappa shape index (κ3) is 2.92. The van der Waals surface area contributed by atoms with Crippen molar-refractivity contribution in [1.29, 1.82) is 5.26 Å². The Balaban J connectivity index is 2.43. The highest BCUT2D eigenvalue weighted by atomic mass is 79.9. The number of benzene rings is 1. The SMILES string of the molecule is N#CC(C(=O)c1cc(Br)cc([N+](=O)[O-])c1)c1cccs1. The van der Waals surface area contributed by atoms with Crippen molar-refractivity contribution in [2.24, 2.45) is 0 Å². The maximum Gasteiger partial charge on any atom is 0.271 e. The zero-order chi connectivity index (χ0) is 14.7. The van der Waals surface area contributed by atoms with Gasteiger partial charge in [0.1, 0.15) is 5.92 Å². The summed E-state index contributed by atoms with van der Waals surface area (Å²) in [5.74, 6) is -1.39. The molecule has 0 saturated carbocycles. The van der Waals surface area contributed by atoms with E-state index in [1.165, 1.54) is 29.5 Å². The minimum absolute atomic E-state index is 0.144. The number of hydrogen-bond acceptors (Lipinski definition) is 5. The Hall–Kier alpha value is -2.04. The third-order valence-corrected chi connectivity index (χ3v) is 3.99. The summed E-state index contributed by atoms with van der Waals surface area (Å²) in [5, 5.41) is 21.7. The molecule has 1 unspecified atom stereocenters. The predicted molar refractivity (Wildman–Crippen MR) is 77.8 cm³/mol. The molecule has 0 spiro atoms. The number of nitro benzene ring substituents is 1. The Kier molecular flexibility index (Phi) is 4.27. The quantitative estimate of drug-likeness (QED) is 0.475. The highest BCUT2D eigenvalue weighted by Crippen LogP contribution is 2.28. The fraction of sp³-hybridized carbons (Fsp3) is 0.0769. The Morgan fingerprint density at radius 1 is 1.45 bits per heavy atom. The highest BCUT2D eigenvalue weighted by Gasteiger charge is 2.24. The minimum Gasteiger partial charge on any atom is -0.292 e. The number of rotatable bonds is 4. The van der Waals surface area contributed by atoms with Crippen LogP contribution in [0.1, 0.15) is 21.2 Å². The standard InChI is InChI=1S/C13H7BrN2O3S/c14-9-4-8(5-10(6-9)16(18)19)13(17)11(7-15)12-2-1-3-20-12/h1-6,11H. The number of nitriles is 1. The molecule has 0 aliphatic carbocycles. The maximum atomic E-state index is 12.3. The first-order valence-electron chi connectivity index (χ1n) is 5.45. The molecule has 1 atom stereocenters. The molecular formula is C13H7BrN2O3S. The maximum absolute atomic E-state index is 12.3. The number of carbonyl (C=O) groups is 1. The Morgan fingerprint density at radius 3 is 2.75 bits per heavy atom. The molecular weight excluding hydrogens is 344 g/mol. The molecule has 2 rings (SSSR count). The van der Waals surface area contributed by atoms with Gasteiger partial charge in [-0.25, -0.2) is 0 Å². The molecule has 20 heavy (non-hydrogen) atoms. The van der Waals surface area contributed by atoms with Crippen molar-refractivity contribution in [2.75, 3.05) is 0 Å². The van der Waals surface area contributed by atoms with Gasteiger partial charge in [-0.05, 0) is 17.5 Å². The number of Topliss-reactive ketones (excluding diaryl/α,β-unsaturated/α-hetero) is 1. The highest BCUT2D eigenvalue weighted by molar-refractivity contribution is 9.10. The lowest BCUT2D eigenvalue weighted by Crippen LogP contribution is -2.10. The average molecular weight is 351 g/mol. The van der Waals surface area contributed by atoms with Crippen molar-refractivity contribution >= 4 is 38.7 Å². The van der Waals surface area contributed by atoms with Crippen LogP contribution in [-0.4, -0.2) is 10.7 Å². The van der Waals surface area contributed by atoms with Crippen molar-refractivity contribution in [3.63, 3.8) is 0 Å². The van der Waals surface area contributed by atoms with Crippen LogP contribution in [0.2, 0.25) is 0 Å². The summed E-state index contributed by atoms with van der Waals surface area (Å²) in [7, 11) is 0. The number of halogens is 1. The van der Waals surface area contributed by atoms with Gasteiger partial charge in [-0.2, -0.15) is 5.26 Å². The molecule has 0 aliphatic heterocycles. The molecule has 0 saturated heterocycles. The summed E-state index contributed by atoms with van der Waals surface area (Å²) < 4.78 is 0.429. The first-order chi connectivity index (χ1) is 9.52. The second-order valence-electron chi connectivity index (χ2n) is 3.90. The van der Waals surface area contributed by atoms with Crippen molar-refractivity contribution in [3.05, 3.63) is 60.7 Å². The molecule has 2 aromatic rings. The van der Waals surface area contributed by atoms with Crippen LogP contribution in [0.25, 0.3) is 0 Å². The number of ketones is 1. The summed E-state index contributed by atoms with van der Waals surface area (Å²) >= 11 is 4.44. The van der Waals surface area contributed by atoms with Gasteiger partial charge in [-0.1, -0.05) is 22.0 Å². The van der Waals surface area contributed by atoms with E-state index in [4.69, 9.17) is 5.26 Å². The summed E-state index contributed by atoms with van der Waals surface area (Å²) in [4.78, 5) is 23.2. The Bertz CT molecular complexity index is 707. The monoisotopic (exact) mass is 350 g/mol. The molecule has 0 amide bonds. The van der Waals surface area contributed by atoms with E-state index in [1.807, 2.05) is 6.07 Å². The van der Waals surface area contributed by atoms with E-state index in [2.05, 4.69) is 15.9 Å². The summed E-state index contributed by atoms with van der Waals surface area (Å²) in [6.07, 6.45) is 0. The van der Waals surface area contributed by atoms with Gasteiger partial charge in [0.25, 0.3) is 5.69 Å². The van der Waals surface area contributed by atoms with Crippen LogP contribution < -0.4 is 0 Å². The normalized spacial score (nSPS) is 11.6. The van der Waals surface area contributed by atoms with E-state index < -0.39 is 16.6 Å². The lowest BCUT2D eigenvalue weighted by molar-refractivity contribution is -0.385. The van der Waals surface area contributed by atoms with Crippen molar-refractivity contribution in [2.45, 2.75) is 5.92 Å². The van der Waals surface area contributed by atoms with Gasteiger partial charge in [-0.3, -0.25) is 14.9 Å². The van der Waals surface area contributed by atoms with E-state index in [0.717, 1.165) is 0 Å². The second kappa shape index (κ2) is 5.94. The molecule has 0 aliphatic rings. The number of non-ortho nitro benzene ring substituents is 1. The summed E-state index contributed by atoms with van der Waals surface area (Å²) in [6, 6.07) is 9.37. The van der Waals surface area contributed by atoms with Gasteiger partial charge in [0.2, 0.25) is 0 Å². The Morgan fingerprint density at radius 2 is 2.20 bits per heavy atom. The molecule has 1 aromatic carbocycles. The summed E-state index contributed by atoms with van der Waals surface area (Å²) in [6.45, 7) is 0. The largest absolute Gasteiger partial charge is 0.292 e. The number of nitro groups is 1.